The first-order chi connectivity index (χ1) is 11.4. The van der Waals surface area contributed by atoms with Gasteiger partial charge >= 0.3 is 0 Å². The van der Waals surface area contributed by atoms with Crippen LogP contribution in [0.5, 0.6) is 0 Å². The van der Waals surface area contributed by atoms with Gasteiger partial charge in [0.25, 0.3) is 5.91 Å². The van der Waals surface area contributed by atoms with Crippen LogP contribution in [-0.2, 0) is 0 Å². The zero-order chi connectivity index (χ0) is 17.3. The number of nitrogens with zero attached hydrogens (tertiary/aromatic N) is 1. The number of rotatable bonds is 3. The van der Waals surface area contributed by atoms with Gasteiger partial charge in [0.05, 0.1) is 15.6 Å². The fourth-order valence-electron chi connectivity index (χ4n) is 2.82. The van der Waals surface area contributed by atoms with Gasteiger partial charge < -0.3 is 10.2 Å². The van der Waals surface area contributed by atoms with Crippen LogP contribution >= 0.6 is 23.2 Å². The van der Waals surface area contributed by atoms with Gasteiger partial charge in [0.15, 0.2) is 0 Å². The lowest BCUT2D eigenvalue weighted by Crippen LogP contribution is -2.19. The molecule has 2 aromatic rings. The Labute approximate surface area is 150 Å². The summed E-state index contributed by atoms with van der Waals surface area (Å²) < 4.78 is 13.5. The van der Waals surface area contributed by atoms with Crippen LogP contribution in [0.1, 0.15) is 23.7 Å². The molecular formula is C18H17Cl2FN2O. The molecule has 1 atom stereocenters. The van der Waals surface area contributed by atoms with E-state index in [-0.39, 0.29) is 15.6 Å². The average Bonchev–Trinajstić information content (AvgIpc) is 2.98. The van der Waals surface area contributed by atoms with Gasteiger partial charge in [-0.3, -0.25) is 4.79 Å². The predicted molar refractivity (Wildman–Crippen MR) is 96.8 cm³/mol. The lowest BCUT2D eigenvalue weighted by molar-refractivity contribution is 0.102. The molecule has 0 bridgehead atoms. The lowest BCUT2D eigenvalue weighted by Gasteiger charge is -2.18. The van der Waals surface area contributed by atoms with E-state index in [1.165, 1.54) is 12.5 Å². The second-order valence-electron chi connectivity index (χ2n) is 6.09. The van der Waals surface area contributed by atoms with Crippen molar-refractivity contribution in [2.45, 2.75) is 13.3 Å². The maximum absolute atomic E-state index is 13.5. The van der Waals surface area contributed by atoms with Gasteiger partial charge in [-0.1, -0.05) is 30.1 Å². The summed E-state index contributed by atoms with van der Waals surface area (Å²) in [7, 11) is 0. The van der Waals surface area contributed by atoms with Crippen molar-refractivity contribution in [3.05, 3.63) is 57.8 Å². The van der Waals surface area contributed by atoms with E-state index < -0.39 is 11.7 Å². The molecule has 1 fully saturated rings. The predicted octanol–water partition coefficient (Wildman–Crippen LogP) is 5.23. The van der Waals surface area contributed by atoms with E-state index in [0.29, 0.717) is 11.6 Å². The fraction of sp³-hybridized carbons (Fsp3) is 0.278. The van der Waals surface area contributed by atoms with Gasteiger partial charge in [-0.15, -0.1) is 0 Å². The maximum Gasteiger partial charge on any atom is 0.257 e. The van der Waals surface area contributed by atoms with Crippen molar-refractivity contribution in [3.8, 4) is 0 Å². The van der Waals surface area contributed by atoms with Gasteiger partial charge in [0.2, 0.25) is 0 Å². The fourth-order valence-corrected chi connectivity index (χ4v) is 3.29. The molecule has 0 saturated carbocycles. The van der Waals surface area contributed by atoms with Crippen LogP contribution in [0.25, 0.3) is 0 Å². The molecule has 0 radical (unpaired) electrons. The second-order valence-corrected chi connectivity index (χ2v) is 6.90. The zero-order valence-electron chi connectivity index (χ0n) is 13.2. The summed E-state index contributed by atoms with van der Waals surface area (Å²) in [4.78, 5) is 14.6. The standard InChI is InChI=1S/C18H17Cl2FN2O/c1-11-6-7-23(10-11)13-4-2-12(3-5-13)22-18(24)14-8-17(21)16(20)9-15(14)19/h2-5,8-9,11H,6-7,10H2,1H3,(H,22,24). The molecule has 24 heavy (non-hydrogen) atoms. The highest BCUT2D eigenvalue weighted by Gasteiger charge is 2.19. The highest BCUT2D eigenvalue weighted by atomic mass is 35.5. The third-order valence-corrected chi connectivity index (χ3v) is 4.77. The molecular weight excluding hydrogens is 350 g/mol. The Morgan fingerprint density at radius 1 is 1.21 bits per heavy atom. The SMILES string of the molecule is CC1CCN(c2ccc(NC(=O)c3cc(F)c(Cl)cc3Cl)cc2)C1. The van der Waals surface area contributed by atoms with E-state index in [9.17, 15) is 9.18 Å². The Morgan fingerprint density at radius 3 is 2.54 bits per heavy atom. The quantitative estimate of drug-likeness (QED) is 0.754. The van der Waals surface area contributed by atoms with Crippen molar-refractivity contribution in [3.63, 3.8) is 0 Å². The maximum atomic E-state index is 13.5. The highest BCUT2D eigenvalue weighted by Crippen LogP contribution is 2.27. The number of carbonyl (C=O) groups excluding carboxylic acids is 1. The Kier molecular flexibility index (Phi) is 4.97. The van der Waals surface area contributed by atoms with Crippen molar-refractivity contribution < 1.29 is 9.18 Å². The molecule has 0 spiro atoms. The van der Waals surface area contributed by atoms with Crippen molar-refractivity contribution in [1.29, 1.82) is 0 Å². The molecule has 3 rings (SSSR count). The van der Waals surface area contributed by atoms with Crippen LogP contribution in [0.15, 0.2) is 36.4 Å². The number of anilines is 2. The Hall–Kier alpha value is -1.78. The van der Waals surface area contributed by atoms with E-state index in [0.717, 1.165) is 24.8 Å². The van der Waals surface area contributed by atoms with E-state index in [1.807, 2.05) is 24.3 Å². The molecule has 126 valence electrons. The van der Waals surface area contributed by atoms with Crippen molar-refractivity contribution in [2.24, 2.45) is 5.92 Å². The largest absolute Gasteiger partial charge is 0.371 e. The summed E-state index contributed by atoms with van der Waals surface area (Å²) >= 11 is 11.6. The summed E-state index contributed by atoms with van der Waals surface area (Å²) in [6.45, 7) is 4.33. The van der Waals surface area contributed by atoms with Crippen LogP contribution < -0.4 is 10.2 Å². The topological polar surface area (TPSA) is 32.3 Å². The number of amides is 1. The average molecular weight is 367 g/mol. The van der Waals surface area contributed by atoms with Gasteiger partial charge in [0.1, 0.15) is 5.82 Å². The molecule has 1 heterocycles. The number of hydrogen-bond donors (Lipinski definition) is 1. The van der Waals surface area contributed by atoms with Crippen LogP contribution in [-0.4, -0.2) is 19.0 Å². The number of benzene rings is 2. The van der Waals surface area contributed by atoms with Crippen LogP contribution in [0.2, 0.25) is 10.0 Å². The normalized spacial score (nSPS) is 17.2. The van der Waals surface area contributed by atoms with Crippen molar-refractivity contribution >= 4 is 40.5 Å². The number of carbonyl (C=O) groups is 1. The van der Waals surface area contributed by atoms with Crippen molar-refractivity contribution in [1.82, 2.24) is 0 Å². The number of halogens is 3. The molecule has 1 amide bonds. The minimum atomic E-state index is -0.676. The van der Waals surface area contributed by atoms with Crippen LogP contribution in [0.3, 0.4) is 0 Å². The molecule has 1 unspecified atom stereocenters. The van der Waals surface area contributed by atoms with Gasteiger partial charge in [-0.25, -0.2) is 4.39 Å². The summed E-state index contributed by atoms with van der Waals surface area (Å²) in [6.07, 6.45) is 1.19. The monoisotopic (exact) mass is 366 g/mol. The molecule has 0 aromatic heterocycles. The van der Waals surface area contributed by atoms with E-state index in [1.54, 1.807) is 0 Å². The Bertz CT molecular complexity index is 764. The molecule has 0 aliphatic carbocycles. The van der Waals surface area contributed by atoms with Crippen LogP contribution in [0, 0.1) is 11.7 Å². The van der Waals surface area contributed by atoms with Gasteiger partial charge in [-0.05, 0) is 48.7 Å². The number of hydrogen-bond acceptors (Lipinski definition) is 2. The summed E-state index contributed by atoms with van der Waals surface area (Å²) in [5.41, 5.74) is 1.81. The third-order valence-electron chi connectivity index (χ3n) is 4.17. The second kappa shape index (κ2) is 6.99. The molecule has 3 nitrogen and oxygen atoms in total. The zero-order valence-corrected chi connectivity index (χ0v) is 14.7. The molecule has 2 aromatic carbocycles. The van der Waals surface area contributed by atoms with Crippen LogP contribution in [0.4, 0.5) is 15.8 Å². The van der Waals surface area contributed by atoms with Gasteiger partial charge in [0, 0.05) is 24.5 Å². The van der Waals surface area contributed by atoms with Gasteiger partial charge in [-0.2, -0.15) is 0 Å². The van der Waals surface area contributed by atoms with Crippen molar-refractivity contribution in [2.75, 3.05) is 23.3 Å². The first-order valence-electron chi connectivity index (χ1n) is 7.75. The first kappa shape index (κ1) is 17.1. The van der Waals surface area contributed by atoms with E-state index in [4.69, 9.17) is 23.2 Å². The highest BCUT2D eigenvalue weighted by molar-refractivity contribution is 6.37. The Balaban J connectivity index is 1.72. The summed E-state index contributed by atoms with van der Waals surface area (Å²) in [6, 6.07) is 9.87. The minimum absolute atomic E-state index is 0.0519. The molecule has 1 aliphatic rings. The van der Waals surface area contributed by atoms with E-state index >= 15 is 0 Å². The lowest BCUT2D eigenvalue weighted by atomic mass is 10.2. The molecule has 6 heteroatoms. The summed E-state index contributed by atoms with van der Waals surface area (Å²) in [5, 5.41) is 2.72. The van der Waals surface area contributed by atoms with E-state index in [2.05, 4.69) is 17.1 Å². The Morgan fingerprint density at radius 2 is 1.92 bits per heavy atom. The molecule has 1 saturated heterocycles. The summed E-state index contributed by atoms with van der Waals surface area (Å²) in [5.74, 6) is -0.450. The first-order valence-corrected chi connectivity index (χ1v) is 8.50. The smallest absolute Gasteiger partial charge is 0.257 e. The number of nitrogens with one attached hydrogen (secondary N) is 1. The molecule has 1 N–H and O–H groups in total. The molecule has 1 aliphatic heterocycles. The third kappa shape index (κ3) is 3.65. The minimum Gasteiger partial charge on any atom is -0.371 e.